The second kappa shape index (κ2) is 5.44. The molecule has 0 aliphatic heterocycles. The molecule has 0 spiro atoms. The Kier molecular flexibility index (Phi) is 4.40. The number of halogens is 2. The molecule has 0 heterocycles. The molecule has 1 rings (SSSR count). The van der Waals surface area contributed by atoms with Gasteiger partial charge in [0.15, 0.2) is 0 Å². The third-order valence-electron chi connectivity index (χ3n) is 2.87. The first-order valence-corrected chi connectivity index (χ1v) is 5.60. The Labute approximate surface area is 105 Å². The summed E-state index contributed by atoms with van der Waals surface area (Å²) in [5, 5.41) is 8.88. The molecule has 100 valence electrons. The van der Waals surface area contributed by atoms with Gasteiger partial charge in [-0.3, -0.25) is 4.79 Å². The van der Waals surface area contributed by atoms with Gasteiger partial charge in [-0.15, -0.1) is 0 Å². The quantitative estimate of drug-likeness (QED) is 0.852. The number of alkyl halides is 2. The lowest BCUT2D eigenvalue weighted by atomic mass is 9.80. The first-order valence-electron chi connectivity index (χ1n) is 5.60. The predicted octanol–water partition coefficient (Wildman–Crippen LogP) is 2.92. The van der Waals surface area contributed by atoms with Crippen LogP contribution in [0.3, 0.4) is 0 Å². The minimum absolute atomic E-state index is 0.0809. The summed E-state index contributed by atoms with van der Waals surface area (Å²) in [7, 11) is 0. The van der Waals surface area contributed by atoms with Crippen molar-refractivity contribution in [3.05, 3.63) is 35.4 Å². The van der Waals surface area contributed by atoms with Gasteiger partial charge >= 0.3 is 5.97 Å². The lowest BCUT2D eigenvalue weighted by Crippen LogP contribution is -2.40. The standard InChI is InChI=1S/C13H17F2NO2/c1-13(2,16)10(7-11(17)18)8-3-5-9(6-4-8)12(14)15/h3-6,10,12H,7,16H2,1-2H3,(H,17,18). The Bertz CT molecular complexity index is 410. The summed E-state index contributed by atoms with van der Waals surface area (Å²) in [5.74, 6) is -1.38. The fourth-order valence-corrected chi connectivity index (χ4v) is 1.86. The van der Waals surface area contributed by atoms with Gasteiger partial charge in [0.05, 0.1) is 6.42 Å². The largest absolute Gasteiger partial charge is 0.481 e. The zero-order valence-corrected chi connectivity index (χ0v) is 10.4. The number of carboxylic acid groups (broad SMARTS) is 1. The average Bonchev–Trinajstić information content (AvgIpc) is 2.24. The monoisotopic (exact) mass is 257 g/mol. The second-order valence-corrected chi connectivity index (χ2v) is 4.94. The summed E-state index contributed by atoms with van der Waals surface area (Å²) in [6, 6.07) is 5.65. The van der Waals surface area contributed by atoms with E-state index in [9.17, 15) is 13.6 Å². The Morgan fingerprint density at radius 1 is 1.28 bits per heavy atom. The molecule has 0 fully saturated rings. The number of hydrogen-bond donors (Lipinski definition) is 2. The van der Waals surface area contributed by atoms with Crippen LogP contribution >= 0.6 is 0 Å². The molecule has 18 heavy (non-hydrogen) atoms. The number of carboxylic acids is 1. The van der Waals surface area contributed by atoms with Gasteiger partial charge in [-0.05, 0) is 19.4 Å². The molecule has 0 bridgehead atoms. The van der Waals surface area contributed by atoms with Crippen LogP contribution in [0.15, 0.2) is 24.3 Å². The SMILES string of the molecule is CC(C)(N)C(CC(=O)O)c1ccc(C(F)F)cc1. The van der Waals surface area contributed by atoms with Crippen molar-refractivity contribution in [1.29, 1.82) is 0 Å². The van der Waals surface area contributed by atoms with E-state index < -0.39 is 23.9 Å². The second-order valence-electron chi connectivity index (χ2n) is 4.94. The predicted molar refractivity (Wildman–Crippen MR) is 64.7 cm³/mol. The minimum Gasteiger partial charge on any atom is -0.481 e. The number of carbonyl (C=O) groups is 1. The molecule has 0 aliphatic carbocycles. The smallest absolute Gasteiger partial charge is 0.304 e. The number of hydrogen-bond acceptors (Lipinski definition) is 2. The third kappa shape index (κ3) is 3.77. The van der Waals surface area contributed by atoms with Gasteiger partial charge in [0.25, 0.3) is 6.43 Å². The minimum atomic E-state index is -2.53. The summed E-state index contributed by atoms with van der Waals surface area (Å²) >= 11 is 0. The molecule has 0 aromatic heterocycles. The molecule has 0 saturated carbocycles. The van der Waals surface area contributed by atoms with Gasteiger partial charge < -0.3 is 10.8 Å². The maximum Gasteiger partial charge on any atom is 0.304 e. The Morgan fingerprint density at radius 2 is 1.72 bits per heavy atom. The van der Waals surface area contributed by atoms with Crippen molar-refractivity contribution in [2.45, 2.75) is 38.2 Å². The highest BCUT2D eigenvalue weighted by Crippen LogP contribution is 2.31. The molecule has 1 unspecified atom stereocenters. The lowest BCUT2D eigenvalue weighted by molar-refractivity contribution is -0.137. The zero-order chi connectivity index (χ0) is 13.9. The summed E-state index contributed by atoms with van der Waals surface area (Å²) in [5.41, 5.74) is 5.80. The van der Waals surface area contributed by atoms with Crippen molar-refractivity contribution in [3.8, 4) is 0 Å². The van der Waals surface area contributed by atoms with E-state index in [1.807, 2.05) is 0 Å². The molecule has 1 aromatic carbocycles. The van der Waals surface area contributed by atoms with E-state index in [4.69, 9.17) is 10.8 Å². The van der Waals surface area contributed by atoms with Crippen LogP contribution in [0.2, 0.25) is 0 Å². The number of aliphatic carboxylic acids is 1. The van der Waals surface area contributed by atoms with Gasteiger partial charge in [-0.2, -0.15) is 0 Å². The molecule has 1 atom stereocenters. The van der Waals surface area contributed by atoms with E-state index in [1.165, 1.54) is 24.3 Å². The molecule has 0 saturated heterocycles. The van der Waals surface area contributed by atoms with Crippen molar-refractivity contribution in [2.75, 3.05) is 0 Å². The summed E-state index contributed by atoms with van der Waals surface area (Å²) in [6.07, 6.45) is -2.65. The van der Waals surface area contributed by atoms with Crippen LogP contribution in [0.25, 0.3) is 0 Å². The van der Waals surface area contributed by atoms with Gasteiger partial charge in [0, 0.05) is 17.0 Å². The van der Waals surface area contributed by atoms with Gasteiger partial charge in [-0.25, -0.2) is 8.78 Å². The van der Waals surface area contributed by atoms with E-state index >= 15 is 0 Å². The molecule has 3 nitrogen and oxygen atoms in total. The van der Waals surface area contributed by atoms with Crippen molar-refractivity contribution in [1.82, 2.24) is 0 Å². The fraction of sp³-hybridized carbons (Fsp3) is 0.462. The van der Waals surface area contributed by atoms with Gasteiger partial charge in [0.2, 0.25) is 0 Å². The number of benzene rings is 1. The molecule has 5 heteroatoms. The van der Waals surface area contributed by atoms with Crippen LogP contribution in [-0.4, -0.2) is 16.6 Å². The number of rotatable bonds is 5. The van der Waals surface area contributed by atoms with Gasteiger partial charge in [-0.1, -0.05) is 24.3 Å². The highest BCUT2D eigenvalue weighted by atomic mass is 19.3. The summed E-state index contributed by atoms with van der Waals surface area (Å²) in [4.78, 5) is 10.8. The Balaban J connectivity index is 3.02. The fourth-order valence-electron chi connectivity index (χ4n) is 1.86. The van der Waals surface area contributed by atoms with Crippen molar-refractivity contribution in [2.24, 2.45) is 5.73 Å². The van der Waals surface area contributed by atoms with Crippen LogP contribution < -0.4 is 5.73 Å². The van der Waals surface area contributed by atoms with E-state index in [2.05, 4.69) is 0 Å². The van der Waals surface area contributed by atoms with Crippen LogP contribution in [0, 0.1) is 0 Å². The maximum atomic E-state index is 12.4. The molecule has 1 aromatic rings. The van der Waals surface area contributed by atoms with Crippen LogP contribution in [0.1, 0.15) is 43.7 Å². The first-order chi connectivity index (χ1) is 8.21. The molecule has 0 radical (unpaired) electrons. The molecular formula is C13H17F2NO2. The van der Waals surface area contributed by atoms with Crippen molar-refractivity contribution < 1.29 is 18.7 Å². The van der Waals surface area contributed by atoms with Crippen molar-refractivity contribution >= 4 is 5.97 Å². The third-order valence-corrected chi connectivity index (χ3v) is 2.87. The van der Waals surface area contributed by atoms with Crippen molar-refractivity contribution in [3.63, 3.8) is 0 Å². The zero-order valence-electron chi connectivity index (χ0n) is 10.4. The van der Waals surface area contributed by atoms with E-state index in [-0.39, 0.29) is 12.0 Å². The van der Waals surface area contributed by atoms with E-state index in [0.29, 0.717) is 5.56 Å². The summed E-state index contributed by atoms with van der Waals surface area (Å²) in [6.45, 7) is 3.45. The number of nitrogens with two attached hydrogens (primary N) is 1. The lowest BCUT2D eigenvalue weighted by Gasteiger charge is -2.30. The van der Waals surface area contributed by atoms with E-state index in [1.54, 1.807) is 13.8 Å². The molecular weight excluding hydrogens is 240 g/mol. The maximum absolute atomic E-state index is 12.4. The van der Waals surface area contributed by atoms with Crippen LogP contribution in [0.5, 0.6) is 0 Å². The van der Waals surface area contributed by atoms with Gasteiger partial charge in [0.1, 0.15) is 0 Å². The molecule has 3 N–H and O–H groups in total. The first kappa shape index (κ1) is 14.6. The Morgan fingerprint density at radius 3 is 2.06 bits per heavy atom. The average molecular weight is 257 g/mol. The van der Waals surface area contributed by atoms with Crippen LogP contribution in [-0.2, 0) is 4.79 Å². The topological polar surface area (TPSA) is 63.3 Å². The molecule has 0 amide bonds. The molecule has 0 aliphatic rings. The highest BCUT2D eigenvalue weighted by molar-refractivity contribution is 5.68. The van der Waals surface area contributed by atoms with Crippen LogP contribution in [0.4, 0.5) is 8.78 Å². The highest BCUT2D eigenvalue weighted by Gasteiger charge is 2.29. The van der Waals surface area contributed by atoms with E-state index in [0.717, 1.165) is 0 Å². The normalized spacial score (nSPS) is 13.7. The summed E-state index contributed by atoms with van der Waals surface area (Å²) < 4.78 is 24.9. The Hall–Kier alpha value is -1.49.